The van der Waals surface area contributed by atoms with Crippen molar-refractivity contribution in [3.05, 3.63) is 95.7 Å². The quantitative estimate of drug-likeness (QED) is 0.106. The average Bonchev–Trinajstić information content (AvgIpc) is 3.48. The Kier molecular flexibility index (Phi) is 11.5. The summed E-state index contributed by atoms with van der Waals surface area (Å²) in [4.78, 5) is 41.8. The number of amides is 4. The molecule has 11 heteroatoms. The van der Waals surface area contributed by atoms with Crippen LogP contribution in [0.2, 0.25) is 0 Å². The van der Waals surface area contributed by atoms with Gasteiger partial charge in [0.05, 0.1) is 18.8 Å². The normalized spacial score (nSPS) is 13.4. The van der Waals surface area contributed by atoms with Crippen molar-refractivity contribution in [3.63, 3.8) is 0 Å². The number of carbonyl (C=O) groups excluding carboxylic acids is 3. The maximum Gasteiger partial charge on any atom is 0.314 e. The number of urea groups is 1. The van der Waals surface area contributed by atoms with Gasteiger partial charge in [0, 0.05) is 43.7 Å². The van der Waals surface area contributed by atoms with Crippen LogP contribution in [0.1, 0.15) is 37.0 Å². The van der Waals surface area contributed by atoms with Gasteiger partial charge >= 0.3 is 6.03 Å². The third kappa shape index (κ3) is 8.72. The fraction of sp³-hybridized carbons (Fsp3) is 0.343. The third-order valence-corrected chi connectivity index (χ3v) is 8.24. The van der Waals surface area contributed by atoms with Crippen LogP contribution < -0.4 is 27.0 Å². The zero-order valence-electron chi connectivity index (χ0n) is 26.5. The Morgan fingerprint density at radius 2 is 1.59 bits per heavy atom. The highest BCUT2D eigenvalue weighted by Gasteiger charge is 2.36. The molecule has 1 unspecified atom stereocenters. The van der Waals surface area contributed by atoms with Crippen LogP contribution in [0.15, 0.2) is 79.0 Å². The number of fused-ring (bicyclic) bond motifs is 1. The Morgan fingerprint density at radius 1 is 0.891 bits per heavy atom. The number of hydrogen-bond donors (Lipinski definition) is 8. The number of aromatic amines is 1. The smallest absolute Gasteiger partial charge is 0.314 e. The van der Waals surface area contributed by atoms with Crippen molar-refractivity contribution in [2.75, 3.05) is 13.7 Å². The Labute approximate surface area is 269 Å². The lowest BCUT2D eigenvalue weighted by Gasteiger charge is -2.33. The summed E-state index contributed by atoms with van der Waals surface area (Å²) in [6.07, 6.45) is 1.16. The Morgan fingerprint density at radius 3 is 2.30 bits per heavy atom. The standard InChI is InChI=1S/C35H44N6O5/c1-35(2,17-26(43)21-42)31(36)33(45)41-30(16-25-20-38-29-11-7-6-10-28(25)29)32(44)39-18-22-12-14-23(15-13-22)27-9-5-4-8-24(27)19-40-34(46)37-3/h4-15,20,26,30-31,38,42-43H,16-19,21,36H2,1-3H3,(H,39,44)(H,41,45)(H2,37,40,46)/t26-,30+,31?/m0/s1. The van der Waals surface area contributed by atoms with Gasteiger partial charge in [-0.1, -0.05) is 80.6 Å². The molecular formula is C35H44N6O5. The monoisotopic (exact) mass is 628 g/mol. The van der Waals surface area contributed by atoms with E-state index in [1.54, 1.807) is 20.9 Å². The molecule has 4 aromatic rings. The lowest BCUT2D eigenvalue weighted by molar-refractivity contribution is -0.131. The first-order valence-corrected chi connectivity index (χ1v) is 15.3. The molecule has 0 aliphatic rings. The maximum atomic E-state index is 13.6. The fourth-order valence-corrected chi connectivity index (χ4v) is 5.48. The molecule has 0 bridgehead atoms. The van der Waals surface area contributed by atoms with Crippen LogP contribution >= 0.6 is 0 Å². The molecule has 0 aliphatic carbocycles. The van der Waals surface area contributed by atoms with E-state index >= 15 is 0 Å². The molecule has 3 atom stereocenters. The van der Waals surface area contributed by atoms with Gasteiger partial charge in [-0.15, -0.1) is 0 Å². The van der Waals surface area contributed by atoms with Crippen LogP contribution in [0.4, 0.5) is 4.79 Å². The van der Waals surface area contributed by atoms with Crippen molar-refractivity contribution >= 4 is 28.7 Å². The van der Waals surface area contributed by atoms with Crippen LogP contribution in [0.5, 0.6) is 0 Å². The summed E-state index contributed by atoms with van der Waals surface area (Å²) in [5, 5.41) is 31.4. The predicted molar refractivity (Wildman–Crippen MR) is 178 cm³/mol. The highest BCUT2D eigenvalue weighted by Crippen LogP contribution is 2.27. The number of aliphatic hydroxyl groups is 2. The minimum Gasteiger partial charge on any atom is -0.394 e. The summed E-state index contributed by atoms with van der Waals surface area (Å²) in [5.41, 5.74) is 11.1. The van der Waals surface area contributed by atoms with E-state index in [0.717, 1.165) is 38.7 Å². The minimum absolute atomic E-state index is 0.114. The van der Waals surface area contributed by atoms with Gasteiger partial charge in [-0.25, -0.2) is 4.79 Å². The maximum absolute atomic E-state index is 13.6. The summed E-state index contributed by atoms with van der Waals surface area (Å²) >= 11 is 0. The van der Waals surface area contributed by atoms with Gasteiger partial charge < -0.3 is 42.2 Å². The van der Waals surface area contributed by atoms with Gasteiger partial charge in [0.25, 0.3) is 0 Å². The molecule has 0 fully saturated rings. The predicted octanol–water partition coefficient (Wildman–Crippen LogP) is 2.70. The van der Waals surface area contributed by atoms with Crippen molar-refractivity contribution in [2.24, 2.45) is 11.1 Å². The van der Waals surface area contributed by atoms with Gasteiger partial charge in [-0.2, -0.15) is 0 Å². The first-order chi connectivity index (χ1) is 22.0. The van der Waals surface area contributed by atoms with Gasteiger partial charge in [0.15, 0.2) is 0 Å². The SMILES string of the molecule is CNC(=O)NCc1ccccc1-c1ccc(CNC(=O)[C@@H](Cc2c[nH]c3ccccc23)NC(=O)C(N)C(C)(C)C[C@H](O)CO)cc1. The van der Waals surface area contributed by atoms with Gasteiger partial charge in [-0.05, 0) is 45.7 Å². The number of H-pyrrole nitrogens is 1. The molecule has 3 aromatic carbocycles. The molecule has 4 amide bonds. The fourth-order valence-electron chi connectivity index (χ4n) is 5.48. The highest BCUT2D eigenvalue weighted by molar-refractivity contribution is 5.91. The van der Waals surface area contributed by atoms with Crippen molar-refractivity contribution in [1.82, 2.24) is 26.3 Å². The molecule has 1 heterocycles. The van der Waals surface area contributed by atoms with Crippen LogP contribution in [0.3, 0.4) is 0 Å². The summed E-state index contributed by atoms with van der Waals surface area (Å²) < 4.78 is 0. The van der Waals surface area contributed by atoms with Crippen molar-refractivity contribution < 1.29 is 24.6 Å². The topological polar surface area (TPSA) is 182 Å². The minimum atomic E-state index is -1.03. The second-order valence-corrected chi connectivity index (χ2v) is 12.1. The van der Waals surface area contributed by atoms with E-state index < -0.39 is 36.1 Å². The number of carbonyl (C=O) groups is 3. The summed E-state index contributed by atoms with van der Waals surface area (Å²) in [6, 6.07) is 21.1. The number of benzene rings is 3. The number of aliphatic hydroxyl groups excluding tert-OH is 2. The van der Waals surface area contributed by atoms with E-state index in [2.05, 4.69) is 26.3 Å². The second-order valence-electron chi connectivity index (χ2n) is 12.1. The molecule has 46 heavy (non-hydrogen) atoms. The van der Waals surface area contributed by atoms with Crippen LogP contribution in [-0.4, -0.2) is 64.9 Å². The summed E-state index contributed by atoms with van der Waals surface area (Å²) in [5.74, 6) is -0.891. The zero-order valence-corrected chi connectivity index (χ0v) is 26.5. The molecule has 244 valence electrons. The van der Waals surface area contributed by atoms with E-state index in [1.807, 2.05) is 79.0 Å². The van der Waals surface area contributed by atoms with Crippen molar-refractivity contribution in [2.45, 2.75) is 58.0 Å². The molecule has 4 rings (SSSR count). The molecule has 0 spiro atoms. The van der Waals surface area contributed by atoms with Crippen LogP contribution in [0, 0.1) is 5.41 Å². The van der Waals surface area contributed by atoms with Crippen LogP contribution in [-0.2, 0) is 29.1 Å². The molecule has 11 nitrogen and oxygen atoms in total. The molecule has 0 saturated heterocycles. The lowest BCUT2D eigenvalue weighted by atomic mass is 9.79. The Balaban J connectivity index is 1.47. The first-order valence-electron chi connectivity index (χ1n) is 15.3. The van der Waals surface area contributed by atoms with Crippen LogP contribution in [0.25, 0.3) is 22.0 Å². The van der Waals surface area contributed by atoms with E-state index in [-0.39, 0.29) is 31.3 Å². The number of hydrogen-bond acceptors (Lipinski definition) is 6. The molecular weight excluding hydrogens is 584 g/mol. The molecule has 9 N–H and O–H groups in total. The van der Waals surface area contributed by atoms with Gasteiger partial charge in [0.1, 0.15) is 6.04 Å². The number of rotatable bonds is 14. The van der Waals surface area contributed by atoms with E-state index in [0.29, 0.717) is 6.54 Å². The van der Waals surface area contributed by atoms with Crippen molar-refractivity contribution in [3.8, 4) is 11.1 Å². The number of nitrogens with two attached hydrogens (primary N) is 1. The number of nitrogens with one attached hydrogen (secondary N) is 5. The lowest BCUT2D eigenvalue weighted by Crippen LogP contribution is -2.56. The zero-order chi connectivity index (χ0) is 33.3. The van der Waals surface area contributed by atoms with Gasteiger partial charge in [-0.3, -0.25) is 9.59 Å². The molecule has 1 aromatic heterocycles. The number of aromatic nitrogens is 1. The largest absolute Gasteiger partial charge is 0.394 e. The number of para-hydroxylation sites is 1. The highest BCUT2D eigenvalue weighted by atomic mass is 16.3. The van der Waals surface area contributed by atoms with E-state index in [1.165, 1.54) is 0 Å². The Hall–Kier alpha value is -4.71. The molecule has 0 aliphatic heterocycles. The summed E-state index contributed by atoms with van der Waals surface area (Å²) in [7, 11) is 1.57. The van der Waals surface area contributed by atoms with E-state index in [9.17, 15) is 24.6 Å². The first kappa shape index (κ1) is 34.2. The second kappa shape index (κ2) is 15.5. The molecule has 0 saturated carbocycles. The van der Waals surface area contributed by atoms with E-state index in [4.69, 9.17) is 5.73 Å². The Bertz CT molecular complexity index is 1630. The van der Waals surface area contributed by atoms with Gasteiger partial charge in [0.2, 0.25) is 11.8 Å². The molecule has 0 radical (unpaired) electrons. The average molecular weight is 629 g/mol. The van der Waals surface area contributed by atoms with Crippen molar-refractivity contribution in [1.29, 1.82) is 0 Å². The third-order valence-electron chi connectivity index (χ3n) is 8.24. The summed E-state index contributed by atoms with van der Waals surface area (Å²) in [6.45, 7) is 3.65.